The number of halogens is 1. The van der Waals surface area contributed by atoms with Gasteiger partial charge in [0.05, 0.1) is 0 Å². The number of amides is 1. The Morgan fingerprint density at radius 3 is 2.45 bits per heavy atom. The third-order valence-corrected chi connectivity index (χ3v) is 6.29. The lowest BCUT2D eigenvalue weighted by molar-refractivity contribution is -0.127. The predicted molar refractivity (Wildman–Crippen MR) is 88.1 cm³/mol. The number of hydrogen-bond acceptors (Lipinski definition) is 1. The highest BCUT2D eigenvalue weighted by molar-refractivity contribution is 9.09. The first-order valence-corrected chi connectivity index (χ1v) is 9.56. The van der Waals surface area contributed by atoms with Crippen molar-refractivity contribution in [3.8, 4) is 0 Å². The Morgan fingerprint density at radius 2 is 1.80 bits per heavy atom. The van der Waals surface area contributed by atoms with Crippen LogP contribution in [0.1, 0.15) is 77.6 Å². The number of carbonyl (C=O) groups is 1. The van der Waals surface area contributed by atoms with Crippen LogP contribution in [-0.2, 0) is 4.79 Å². The van der Waals surface area contributed by atoms with E-state index < -0.39 is 0 Å². The Kier molecular flexibility index (Phi) is 6.86. The van der Waals surface area contributed by atoms with Crippen LogP contribution in [0.4, 0.5) is 0 Å². The van der Waals surface area contributed by atoms with E-state index in [1.165, 1.54) is 51.4 Å². The number of alkyl halides is 1. The molecule has 0 bridgehead atoms. The minimum absolute atomic E-state index is 0.287. The summed E-state index contributed by atoms with van der Waals surface area (Å²) in [6.07, 6.45) is 13.7. The van der Waals surface area contributed by atoms with Crippen molar-refractivity contribution < 1.29 is 4.79 Å². The van der Waals surface area contributed by atoms with Crippen LogP contribution in [0, 0.1) is 11.8 Å². The molecule has 3 heteroatoms. The molecule has 2 nitrogen and oxygen atoms in total. The Morgan fingerprint density at radius 1 is 1.10 bits per heavy atom. The molecule has 2 saturated carbocycles. The quantitative estimate of drug-likeness (QED) is 0.713. The summed E-state index contributed by atoms with van der Waals surface area (Å²) in [5.41, 5.74) is 0. The Hall–Kier alpha value is -0.0500. The molecule has 0 spiro atoms. The average molecular weight is 344 g/mol. The first kappa shape index (κ1) is 16.3. The van der Waals surface area contributed by atoms with E-state index in [1.54, 1.807) is 0 Å². The molecular weight excluding hydrogens is 314 g/mol. The van der Waals surface area contributed by atoms with Gasteiger partial charge < -0.3 is 5.32 Å². The molecule has 20 heavy (non-hydrogen) atoms. The fourth-order valence-electron chi connectivity index (χ4n) is 3.75. The number of rotatable bonds is 5. The van der Waals surface area contributed by atoms with E-state index in [0.29, 0.717) is 16.8 Å². The monoisotopic (exact) mass is 343 g/mol. The van der Waals surface area contributed by atoms with Gasteiger partial charge >= 0.3 is 0 Å². The van der Waals surface area contributed by atoms with Gasteiger partial charge in [0.1, 0.15) is 0 Å². The van der Waals surface area contributed by atoms with Gasteiger partial charge in [0.25, 0.3) is 0 Å². The van der Waals surface area contributed by atoms with Gasteiger partial charge in [0.2, 0.25) is 5.91 Å². The molecule has 0 saturated heterocycles. The van der Waals surface area contributed by atoms with Crippen molar-refractivity contribution in [2.24, 2.45) is 11.8 Å². The molecule has 0 aromatic heterocycles. The highest BCUT2D eigenvalue weighted by Gasteiger charge is 2.30. The van der Waals surface area contributed by atoms with Gasteiger partial charge in [-0.05, 0) is 44.4 Å². The van der Waals surface area contributed by atoms with Crippen molar-refractivity contribution >= 4 is 21.8 Å². The maximum atomic E-state index is 12.4. The number of nitrogens with one attached hydrogen (secondary N) is 1. The Labute approximate surface area is 132 Å². The summed E-state index contributed by atoms with van der Waals surface area (Å²) in [4.78, 5) is 12.9. The van der Waals surface area contributed by atoms with Gasteiger partial charge in [0, 0.05) is 16.8 Å². The van der Waals surface area contributed by atoms with Crippen LogP contribution < -0.4 is 5.32 Å². The molecule has 0 aliphatic heterocycles. The summed E-state index contributed by atoms with van der Waals surface area (Å²) in [7, 11) is 0. The molecule has 2 aliphatic carbocycles. The molecule has 2 atom stereocenters. The maximum absolute atomic E-state index is 12.4. The van der Waals surface area contributed by atoms with E-state index >= 15 is 0 Å². The Bertz CT molecular complexity index is 299. The second-order valence-electron chi connectivity index (χ2n) is 6.78. The zero-order valence-electron chi connectivity index (χ0n) is 12.9. The summed E-state index contributed by atoms with van der Waals surface area (Å²) in [5.74, 6) is 1.50. The van der Waals surface area contributed by atoms with Gasteiger partial charge in [-0.25, -0.2) is 0 Å². The lowest BCUT2D eigenvalue weighted by Gasteiger charge is -2.32. The predicted octanol–water partition coefficient (Wildman–Crippen LogP) is 4.81. The molecule has 2 rings (SSSR count). The first-order chi connectivity index (χ1) is 9.70. The van der Waals surface area contributed by atoms with Gasteiger partial charge in [-0.1, -0.05) is 55.0 Å². The molecule has 0 aromatic rings. The van der Waals surface area contributed by atoms with Gasteiger partial charge in [-0.15, -0.1) is 0 Å². The zero-order valence-corrected chi connectivity index (χ0v) is 14.5. The molecule has 0 heterocycles. The normalized spacial score (nSPS) is 34.7. The third-order valence-electron chi connectivity index (χ3n) is 5.19. The van der Waals surface area contributed by atoms with Crippen LogP contribution in [0.5, 0.6) is 0 Å². The second kappa shape index (κ2) is 8.41. The van der Waals surface area contributed by atoms with Gasteiger partial charge in [0.15, 0.2) is 0 Å². The van der Waals surface area contributed by atoms with E-state index in [4.69, 9.17) is 0 Å². The largest absolute Gasteiger partial charge is 0.352 e. The second-order valence-corrected chi connectivity index (χ2v) is 7.95. The lowest BCUT2D eigenvalue weighted by atomic mass is 9.79. The SMILES string of the molecule is CCCCC1CCC(C(=O)NC2CCCCC2Br)CC1. The van der Waals surface area contributed by atoms with Crippen molar-refractivity contribution in [3.05, 3.63) is 0 Å². The number of hydrogen-bond donors (Lipinski definition) is 1. The minimum Gasteiger partial charge on any atom is -0.352 e. The molecule has 1 N–H and O–H groups in total. The van der Waals surface area contributed by atoms with Crippen molar-refractivity contribution in [2.75, 3.05) is 0 Å². The molecule has 0 aromatic carbocycles. The summed E-state index contributed by atoms with van der Waals surface area (Å²) in [6.45, 7) is 2.26. The van der Waals surface area contributed by atoms with E-state index in [1.807, 2.05) is 0 Å². The van der Waals surface area contributed by atoms with E-state index in [2.05, 4.69) is 28.2 Å². The van der Waals surface area contributed by atoms with Crippen LogP contribution in [0.3, 0.4) is 0 Å². The van der Waals surface area contributed by atoms with E-state index in [0.717, 1.165) is 25.2 Å². The topological polar surface area (TPSA) is 29.1 Å². The van der Waals surface area contributed by atoms with Crippen molar-refractivity contribution in [2.45, 2.75) is 88.4 Å². The van der Waals surface area contributed by atoms with Crippen molar-refractivity contribution in [3.63, 3.8) is 0 Å². The highest BCUT2D eigenvalue weighted by atomic mass is 79.9. The standard InChI is InChI=1S/C17H30BrNO/c1-2-3-6-13-9-11-14(12-10-13)17(20)19-16-8-5-4-7-15(16)18/h13-16H,2-12H2,1H3,(H,19,20). The Balaban J connectivity index is 1.71. The number of carbonyl (C=O) groups excluding carboxylic acids is 1. The van der Waals surface area contributed by atoms with E-state index in [9.17, 15) is 4.79 Å². The maximum Gasteiger partial charge on any atom is 0.223 e. The molecule has 116 valence electrons. The number of unbranched alkanes of at least 4 members (excludes halogenated alkanes) is 1. The summed E-state index contributed by atoms with van der Waals surface area (Å²) < 4.78 is 0. The third kappa shape index (κ3) is 4.75. The van der Waals surface area contributed by atoms with Crippen molar-refractivity contribution in [1.29, 1.82) is 0 Å². The summed E-state index contributed by atoms with van der Waals surface area (Å²) in [6, 6.07) is 0.370. The lowest BCUT2D eigenvalue weighted by Crippen LogP contribution is -2.45. The molecule has 2 aliphatic rings. The van der Waals surface area contributed by atoms with Crippen LogP contribution in [-0.4, -0.2) is 16.8 Å². The van der Waals surface area contributed by atoms with Crippen LogP contribution >= 0.6 is 15.9 Å². The fourth-order valence-corrected chi connectivity index (χ4v) is 4.48. The minimum atomic E-state index is 0.287. The molecule has 0 radical (unpaired) electrons. The van der Waals surface area contributed by atoms with Gasteiger partial charge in [-0.3, -0.25) is 4.79 Å². The first-order valence-electron chi connectivity index (χ1n) is 8.65. The molecule has 2 fully saturated rings. The average Bonchev–Trinajstić information content (AvgIpc) is 2.48. The van der Waals surface area contributed by atoms with Crippen LogP contribution in [0.2, 0.25) is 0 Å². The summed E-state index contributed by atoms with van der Waals surface area (Å²) in [5, 5.41) is 3.31. The fraction of sp³-hybridized carbons (Fsp3) is 0.941. The van der Waals surface area contributed by atoms with Gasteiger partial charge in [-0.2, -0.15) is 0 Å². The van der Waals surface area contributed by atoms with Crippen molar-refractivity contribution in [1.82, 2.24) is 5.32 Å². The smallest absolute Gasteiger partial charge is 0.223 e. The summed E-state index contributed by atoms with van der Waals surface area (Å²) >= 11 is 3.73. The van der Waals surface area contributed by atoms with Crippen LogP contribution in [0.25, 0.3) is 0 Å². The molecule has 2 unspecified atom stereocenters. The molecular formula is C17H30BrNO. The van der Waals surface area contributed by atoms with E-state index in [-0.39, 0.29) is 5.92 Å². The van der Waals surface area contributed by atoms with Crippen LogP contribution in [0.15, 0.2) is 0 Å². The highest BCUT2D eigenvalue weighted by Crippen LogP contribution is 2.32. The zero-order chi connectivity index (χ0) is 14.4. The molecule has 1 amide bonds.